The molecule has 0 amide bonds. The van der Waals surface area contributed by atoms with E-state index in [0.29, 0.717) is 12.5 Å². The number of rotatable bonds is 6. The standard InChI is InChI=1S/C18H26N6O2S2/c1-25-12-15-20-18(28-22-15)24-7-5-23(6-8-24)16-11-14(19-17(21-16)27-2)13-3-9-26-10-4-13/h11,13H,3-10,12H2,1-2H3. The summed E-state index contributed by atoms with van der Waals surface area (Å²) in [5, 5.41) is 1.83. The highest BCUT2D eigenvalue weighted by atomic mass is 32.2. The third-order valence-electron chi connectivity index (χ3n) is 5.14. The second kappa shape index (κ2) is 9.34. The lowest BCUT2D eigenvalue weighted by Gasteiger charge is -2.35. The van der Waals surface area contributed by atoms with E-state index in [0.717, 1.165) is 79.9 Å². The smallest absolute Gasteiger partial charge is 0.205 e. The lowest BCUT2D eigenvalue weighted by Crippen LogP contribution is -2.47. The third kappa shape index (κ3) is 4.56. The molecule has 0 aliphatic carbocycles. The number of methoxy groups -OCH3 is 1. The highest BCUT2D eigenvalue weighted by Crippen LogP contribution is 2.30. The Morgan fingerprint density at radius 3 is 2.61 bits per heavy atom. The molecule has 28 heavy (non-hydrogen) atoms. The minimum Gasteiger partial charge on any atom is -0.381 e. The van der Waals surface area contributed by atoms with Crippen LogP contribution in [0.15, 0.2) is 11.2 Å². The van der Waals surface area contributed by atoms with Crippen molar-refractivity contribution >= 4 is 34.2 Å². The maximum atomic E-state index is 5.51. The number of thioether (sulfide) groups is 1. The summed E-state index contributed by atoms with van der Waals surface area (Å²) in [5.74, 6) is 2.27. The first-order valence-corrected chi connectivity index (χ1v) is 11.6. The first-order valence-electron chi connectivity index (χ1n) is 9.59. The minimum absolute atomic E-state index is 0.462. The molecule has 0 N–H and O–H groups in total. The monoisotopic (exact) mass is 422 g/mol. The van der Waals surface area contributed by atoms with Gasteiger partial charge >= 0.3 is 0 Å². The van der Waals surface area contributed by atoms with Crippen molar-refractivity contribution in [1.29, 1.82) is 0 Å². The Morgan fingerprint density at radius 1 is 1.14 bits per heavy atom. The van der Waals surface area contributed by atoms with Crippen LogP contribution >= 0.6 is 23.3 Å². The first kappa shape index (κ1) is 19.8. The lowest BCUT2D eigenvalue weighted by atomic mass is 9.96. The van der Waals surface area contributed by atoms with Crippen LogP contribution in [0.3, 0.4) is 0 Å². The van der Waals surface area contributed by atoms with Crippen molar-refractivity contribution in [3.8, 4) is 0 Å². The SMILES string of the molecule is COCc1nsc(N2CCN(c3cc(C4CCOCC4)nc(SC)n3)CC2)n1. The minimum atomic E-state index is 0.462. The van der Waals surface area contributed by atoms with E-state index in [4.69, 9.17) is 19.4 Å². The van der Waals surface area contributed by atoms with Crippen LogP contribution in [0, 0.1) is 0 Å². The molecule has 0 saturated carbocycles. The van der Waals surface area contributed by atoms with Gasteiger partial charge in [-0.2, -0.15) is 4.37 Å². The molecular formula is C18H26N6O2S2. The fraction of sp³-hybridized carbons (Fsp3) is 0.667. The maximum Gasteiger partial charge on any atom is 0.205 e. The normalized spacial score (nSPS) is 18.6. The van der Waals surface area contributed by atoms with Gasteiger partial charge in [-0.3, -0.25) is 0 Å². The van der Waals surface area contributed by atoms with Gasteiger partial charge in [-0.1, -0.05) is 11.8 Å². The number of nitrogens with zero attached hydrogens (tertiary/aromatic N) is 6. The van der Waals surface area contributed by atoms with Gasteiger partial charge in [0.15, 0.2) is 11.0 Å². The van der Waals surface area contributed by atoms with Gasteiger partial charge in [-0.05, 0) is 19.1 Å². The Morgan fingerprint density at radius 2 is 1.89 bits per heavy atom. The van der Waals surface area contributed by atoms with Crippen LogP contribution in [0.2, 0.25) is 0 Å². The van der Waals surface area contributed by atoms with Gasteiger partial charge in [-0.15, -0.1) is 0 Å². The average Bonchev–Trinajstić information content (AvgIpc) is 3.23. The summed E-state index contributed by atoms with van der Waals surface area (Å²) in [6.07, 6.45) is 4.12. The molecule has 2 saturated heterocycles. The van der Waals surface area contributed by atoms with E-state index in [2.05, 4.69) is 25.2 Å². The first-order chi connectivity index (χ1) is 13.8. The molecule has 10 heteroatoms. The molecule has 2 aromatic rings. The van der Waals surface area contributed by atoms with Gasteiger partial charge in [0.1, 0.15) is 12.4 Å². The zero-order valence-electron chi connectivity index (χ0n) is 16.3. The van der Waals surface area contributed by atoms with Gasteiger partial charge < -0.3 is 19.3 Å². The Labute approximate surface area is 173 Å². The second-order valence-electron chi connectivity index (χ2n) is 6.92. The van der Waals surface area contributed by atoms with E-state index >= 15 is 0 Å². The summed E-state index contributed by atoms with van der Waals surface area (Å²) in [7, 11) is 1.67. The summed E-state index contributed by atoms with van der Waals surface area (Å²) in [6, 6.07) is 2.19. The maximum absolute atomic E-state index is 5.51. The summed E-state index contributed by atoms with van der Waals surface area (Å²) < 4.78 is 15.0. The van der Waals surface area contributed by atoms with Crippen LogP contribution in [-0.4, -0.2) is 72.1 Å². The molecule has 0 bridgehead atoms. The molecule has 2 aromatic heterocycles. The number of ether oxygens (including phenoxy) is 2. The molecule has 0 radical (unpaired) electrons. The van der Waals surface area contributed by atoms with E-state index in [1.807, 2.05) is 6.26 Å². The fourth-order valence-corrected chi connectivity index (χ4v) is 4.68. The largest absolute Gasteiger partial charge is 0.381 e. The molecule has 2 aliphatic rings. The van der Waals surface area contributed by atoms with Crippen molar-refractivity contribution in [3.63, 3.8) is 0 Å². The van der Waals surface area contributed by atoms with Crippen molar-refractivity contribution in [2.45, 2.75) is 30.5 Å². The van der Waals surface area contributed by atoms with Crippen molar-refractivity contribution in [3.05, 3.63) is 17.6 Å². The highest BCUT2D eigenvalue weighted by Gasteiger charge is 2.24. The Kier molecular flexibility index (Phi) is 6.61. The zero-order valence-corrected chi connectivity index (χ0v) is 18.0. The highest BCUT2D eigenvalue weighted by molar-refractivity contribution is 7.98. The van der Waals surface area contributed by atoms with Gasteiger partial charge in [0.2, 0.25) is 5.13 Å². The van der Waals surface area contributed by atoms with Crippen molar-refractivity contribution in [2.24, 2.45) is 0 Å². The predicted molar refractivity (Wildman–Crippen MR) is 112 cm³/mol. The Hall–Kier alpha value is -1.49. The van der Waals surface area contributed by atoms with E-state index in [1.165, 1.54) is 11.5 Å². The molecule has 4 rings (SSSR count). The fourth-order valence-electron chi connectivity index (χ4n) is 3.57. The second-order valence-corrected chi connectivity index (χ2v) is 8.43. The van der Waals surface area contributed by atoms with E-state index in [1.54, 1.807) is 18.9 Å². The van der Waals surface area contributed by atoms with Crippen LogP contribution < -0.4 is 9.80 Å². The summed E-state index contributed by atoms with van der Waals surface area (Å²) in [5.41, 5.74) is 1.16. The van der Waals surface area contributed by atoms with Crippen molar-refractivity contribution < 1.29 is 9.47 Å². The molecule has 4 heterocycles. The molecule has 0 unspecified atom stereocenters. The van der Waals surface area contributed by atoms with Gasteiger partial charge in [-0.25, -0.2) is 15.0 Å². The average molecular weight is 423 g/mol. The van der Waals surface area contributed by atoms with Crippen LogP contribution in [0.4, 0.5) is 10.9 Å². The van der Waals surface area contributed by atoms with E-state index < -0.39 is 0 Å². The predicted octanol–water partition coefficient (Wildman–Crippen LogP) is 2.42. The molecule has 2 fully saturated rings. The zero-order chi connectivity index (χ0) is 19.3. The van der Waals surface area contributed by atoms with Gasteiger partial charge in [0.25, 0.3) is 0 Å². The lowest BCUT2D eigenvalue weighted by molar-refractivity contribution is 0.0843. The molecular weight excluding hydrogens is 396 g/mol. The van der Waals surface area contributed by atoms with Crippen LogP contribution in [0.1, 0.15) is 30.3 Å². The van der Waals surface area contributed by atoms with E-state index in [9.17, 15) is 0 Å². The Balaban J connectivity index is 1.44. The molecule has 152 valence electrons. The van der Waals surface area contributed by atoms with Crippen LogP contribution in [-0.2, 0) is 16.1 Å². The van der Waals surface area contributed by atoms with Crippen LogP contribution in [0.25, 0.3) is 0 Å². The number of anilines is 2. The topological polar surface area (TPSA) is 76.5 Å². The molecule has 0 spiro atoms. The third-order valence-corrected chi connectivity index (χ3v) is 6.50. The quantitative estimate of drug-likeness (QED) is 0.515. The summed E-state index contributed by atoms with van der Waals surface area (Å²) in [4.78, 5) is 18.8. The van der Waals surface area contributed by atoms with Crippen molar-refractivity contribution in [2.75, 3.05) is 62.6 Å². The molecule has 2 aliphatic heterocycles. The molecule has 0 atom stereocenters. The number of hydrogen-bond donors (Lipinski definition) is 0. The molecule has 8 nitrogen and oxygen atoms in total. The number of hydrogen-bond acceptors (Lipinski definition) is 10. The number of aromatic nitrogens is 4. The van der Waals surface area contributed by atoms with E-state index in [-0.39, 0.29) is 0 Å². The summed E-state index contributed by atoms with van der Waals surface area (Å²) >= 11 is 3.06. The Bertz CT molecular complexity index is 775. The van der Waals surface area contributed by atoms with Crippen molar-refractivity contribution in [1.82, 2.24) is 19.3 Å². The number of piperazine rings is 1. The van der Waals surface area contributed by atoms with Crippen LogP contribution in [0.5, 0.6) is 0 Å². The van der Waals surface area contributed by atoms with Gasteiger partial charge in [0.05, 0.1) is 5.69 Å². The van der Waals surface area contributed by atoms with Gasteiger partial charge in [0, 0.05) is 70.0 Å². The summed E-state index contributed by atoms with van der Waals surface area (Å²) in [6.45, 7) is 5.76. The molecule has 0 aromatic carbocycles.